The second kappa shape index (κ2) is 8.59. The van der Waals surface area contributed by atoms with Crippen molar-refractivity contribution >= 4 is 17.5 Å². The van der Waals surface area contributed by atoms with Gasteiger partial charge in [0.1, 0.15) is 5.82 Å². The fraction of sp³-hybridized carbons (Fsp3) is 0.476. The molecule has 0 bridgehead atoms. The van der Waals surface area contributed by atoms with E-state index in [4.69, 9.17) is 10.2 Å². The van der Waals surface area contributed by atoms with Gasteiger partial charge in [0, 0.05) is 64.2 Å². The summed E-state index contributed by atoms with van der Waals surface area (Å²) < 4.78 is 39.8. The molecule has 0 spiro atoms. The fourth-order valence-corrected chi connectivity index (χ4v) is 3.93. The normalized spacial score (nSPS) is 18.2. The number of nitrogens with zero attached hydrogens (tertiary/aromatic N) is 7. The van der Waals surface area contributed by atoms with Crippen molar-refractivity contribution in [2.75, 3.05) is 74.1 Å². The van der Waals surface area contributed by atoms with Crippen LogP contribution in [-0.2, 0) is 6.18 Å². The van der Waals surface area contributed by atoms with Crippen LogP contribution in [-0.4, -0.2) is 74.3 Å². The Morgan fingerprint density at radius 1 is 0.903 bits per heavy atom. The van der Waals surface area contributed by atoms with Gasteiger partial charge in [0.25, 0.3) is 0 Å². The molecular formula is C21H24F3N7. The number of halogens is 3. The van der Waals surface area contributed by atoms with Crippen LogP contribution in [0.15, 0.2) is 30.5 Å². The van der Waals surface area contributed by atoms with Crippen LogP contribution < -0.4 is 14.7 Å². The lowest BCUT2D eigenvalue weighted by Crippen LogP contribution is -2.47. The molecule has 2 fully saturated rings. The summed E-state index contributed by atoms with van der Waals surface area (Å²) in [6.07, 6.45) is -2.79. The molecule has 4 rings (SSSR count). The quantitative estimate of drug-likeness (QED) is 0.740. The number of piperazine rings is 2. The summed E-state index contributed by atoms with van der Waals surface area (Å²) in [5.41, 5.74) is -0.762. The molecular weight excluding hydrogens is 407 g/mol. The smallest absolute Gasteiger partial charge is 0.368 e. The van der Waals surface area contributed by atoms with Gasteiger partial charge in [0.15, 0.2) is 0 Å². The molecule has 7 nitrogen and oxygen atoms in total. The van der Waals surface area contributed by atoms with Crippen molar-refractivity contribution in [1.82, 2.24) is 14.9 Å². The van der Waals surface area contributed by atoms with Gasteiger partial charge in [0.05, 0.1) is 17.2 Å². The molecule has 164 valence electrons. The largest absolute Gasteiger partial charge is 0.417 e. The van der Waals surface area contributed by atoms with Gasteiger partial charge in [-0.1, -0.05) is 0 Å². The third-order valence-corrected chi connectivity index (χ3v) is 5.81. The maximum absolute atomic E-state index is 13.3. The molecule has 0 amide bonds. The average molecular weight is 431 g/mol. The summed E-state index contributed by atoms with van der Waals surface area (Å²) in [4.78, 5) is 17.6. The highest BCUT2D eigenvalue weighted by Crippen LogP contribution is 2.34. The van der Waals surface area contributed by atoms with E-state index < -0.39 is 11.7 Å². The maximum atomic E-state index is 13.3. The molecule has 2 aliphatic rings. The molecule has 1 aromatic carbocycles. The monoisotopic (exact) mass is 431 g/mol. The van der Waals surface area contributed by atoms with Gasteiger partial charge in [-0.25, -0.2) is 4.98 Å². The van der Waals surface area contributed by atoms with Crippen LogP contribution >= 0.6 is 0 Å². The van der Waals surface area contributed by atoms with Crippen molar-refractivity contribution in [2.24, 2.45) is 0 Å². The van der Waals surface area contributed by atoms with E-state index >= 15 is 0 Å². The van der Waals surface area contributed by atoms with Crippen LogP contribution in [0.3, 0.4) is 0 Å². The third kappa shape index (κ3) is 4.66. The number of rotatable bonds is 3. The van der Waals surface area contributed by atoms with Crippen molar-refractivity contribution < 1.29 is 13.2 Å². The molecule has 0 unspecified atom stereocenters. The lowest BCUT2D eigenvalue weighted by molar-refractivity contribution is -0.137. The molecule has 3 heterocycles. The van der Waals surface area contributed by atoms with Crippen LogP contribution in [0, 0.1) is 11.3 Å². The summed E-state index contributed by atoms with van der Waals surface area (Å²) in [7, 11) is 2.10. The molecule has 10 heteroatoms. The summed E-state index contributed by atoms with van der Waals surface area (Å²) in [6, 6.07) is 7.41. The highest BCUT2D eigenvalue weighted by Gasteiger charge is 2.34. The lowest BCUT2D eigenvalue weighted by atomic mass is 10.1. The topological polar surface area (TPSA) is 62.5 Å². The van der Waals surface area contributed by atoms with Gasteiger partial charge >= 0.3 is 6.18 Å². The number of hydrogen-bond donors (Lipinski definition) is 0. The number of aromatic nitrogens is 2. The molecule has 0 aliphatic carbocycles. The first-order chi connectivity index (χ1) is 14.8. The van der Waals surface area contributed by atoms with Crippen molar-refractivity contribution in [3.05, 3.63) is 41.6 Å². The molecule has 0 N–H and O–H groups in total. The van der Waals surface area contributed by atoms with E-state index in [0.717, 1.165) is 44.0 Å². The highest BCUT2D eigenvalue weighted by atomic mass is 19.4. The molecule has 2 saturated heterocycles. The summed E-state index contributed by atoms with van der Waals surface area (Å²) in [5, 5.41) is 8.99. The second-order valence-corrected chi connectivity index (χ2v) is 7.82. The predicted octanol–water partition coefficient (Wildman–Crippen LogP) is 2.45. The van der Waals surface area contributed by atoms with E-state index in [1.54, 1.807) is 18.3 Å². The zero-order valence-corrected chi connectivity index (χ0v) is 17.3. The van der Waals surface area contributed by atoms with E-state index in [0.29, 0.717) is 31.9 Å². The molecule has 2 aromatic rings. The van der Waals surface area contributed by atoms with E-state index in [2.05, 4.69) is 26.7 Å². The molecule has 0 radical (unpaired) electrons. The standard InChI is InChI=1S/C21H24F3N7/c1-28-6-8-31(9-7-28)20-26-5-4-19(27-20)30-12-10-29(11-13-30)17-3-2-16(15-25)18(14-17)21(22,23)24/h2-5,14H,6-13H2,1H3. The number of nitriles is 1. The SMILES string of the molecule is CN1CCN(c2nccc(N3CCN(c4ccc(C#N)c(C(F)(F)F)c4)CC3)n2)CC1. The van der Waals surface area contributed by atoms with Crippen LogP contribution in [0.4, 0.5) is 30.6 Å². The van der Waals surface area contributed by atoms with Crippen LogP contribution in [0.25, 0.3) is 0 Å². The minimum absolute atomic E-state index is 0.354. The van der Waals surface area contributed by atoms with Crippen molar-refractivity contribution in [2.45, 2.75) is 6.18 Å². The van der Waals surface area contributed by atoms with Crippen molar-refractivity contribution in [3.8, 4) is 6.07 Å². The van der Waals surface area contributed by atoms with Crippen LogP contribution in [0.1, 0.15) is 11.1 Å². The summed E-state index contributed by atoms with van der Waals surface area (Å²) in [6.45, 7) is 6.12. The molecule has 0 atom stereocenters. The van der Waals surface area contributed by atoms with Crippen LogP contribution in [0.5, 0.6) is 0 Å². The number of benzene rings is 1. The average Bonchev–Trinajstić information content (AvgIpc) is 2.79. The Bertz CT molecular complexity index is 956. The first kappa shape index (κ1) is 21.2. The van der Waals surface area contributed by atoms with E-state index in [1.807, 2.05) is 11.0 Å². The Morgan fingerprint density at radius 2 is 1.55 bits per heavy atom. The van der Waals surface area contributed by atoms with E-state index in [1.165, 1.54) is 6.07 Å². The number of likely N-dealkylation sites (N-methyl/N-ethyl adjacent to an activating group) is 1. The summed E-state index contributed by atoms with van der Waals surface area (Å²) >= 11 is 0. The Morgan fingerprint density at radius 3 is 2.19 bits per heavy atom. The van der Waals surface area contributed by atoms with Gasteiger partial charge in [-0.05, 0) is 31.3 Å². The molecule has 1 aromatic heterocycles. The van der Waals surface area contributed by atoms with Crippen molar-refractivity contribution in [3.63, 3.8) is 0 Å². The Balaban J connectivity index is 1.44. The third-order valence-electron chi connectivity index (χ3n) is 5.81. The Hall–Kier alpha value is -3.06. The minimum atomic E-state index is -4.55. The van der Waals surface area contributed by atoms with Gasteiger partial charge in [-0.3, -0.25) is 0 Å². The number of hydrogen-bond acceptors (Lipinski definition) is 7. The first-order valence-corrected chi connectivity index (χ1v) is 10.2. The van der Waals surface area contributed by atoms with Gasteiger partial charge in [0.2, 0.25) is 5.95 Å². The van der Waals surface area contributed by atoms with E-state index in [9.17, 15) is 13.2 Å². The number of anilines is 3. The first-order valence-electron chi connectivity index (χ1n) is 10.2. The second-order valence-electron chi connectivity index (χ2n) is 7.82. The fourth-order valence-electron chi connectivity index (χ4n) is 3.93. The molecule has 0 saturated carbocycles. The van der Waals surface area contributed by atoms with Crippen LogP contribution in [0.2, 0.25) is 0 Å². The highest BCUT2D eigenvalue weighted by molar-refractivity contribution is 5.56. The Kier molecular flexibility index (Phi) is 5.87. The van der Waals surface area contributed by atoms with Gasteiger partial charge in [-0.15, -0.1) is 0 Å². The molecule has 31 heavy (non-hydrogen) atoms. The maximum Gasteiger partial charge on any atom is 0.417 e. The van der Waals surface area contributed by atoms with Gasteiger partial charge < -0.3 is 19.6 Å². The summed E-state index contributed by atoms with van der Waals surface area (Å²) in [5.74, 6) is 1.55. The predicted molar refractivity (Wildman–Crippen MR) is 112 cm³/mol. The van der Waals surface area contributed by atoms with E-state index in [-0.39, 0.29) is 5.56 Å². The van der Waals surface area contributed by atoms with Crippen molar-refractivity contribution in [1.29, 1.82) is 5.26 Å². The Labute approximate surface area is 179 Å². The zero-order chi connectivity index (χ0) is 22.0. The minimum Gasteiger partial charge on any atom is -0.368 e. The number of alkyl halides is 3. The lowest BCUT2D eigenvalue weighted by Gasteiger charge is -2.37. The zero-order valence-electron chi connectivity index (χ0n) is 17.3. The molecule has 2 aliphatic heterocycles. The van der Waals surface area contributed by atoms with Gasteiger partial charge in [-0.2, -0.15) is 23.4 Å².